The van der Waals surface area contributed by atoms with Crippen LogP contribution in [0.25, 0.3) is 0 Å². The minimum Gasteiger partial charge on any atom is -0.478 e. The number of hydrogen-bond acceptors (Lipinski definition) is 6. The van der Waals surface area contributed by atoms with Crippen LogP contribution < -0.4 is 10.5 Å². The zero-order valence-corrected chi connectivity index (χ0v) is 9.48. The first kappa shape index (κ1) is 12.4. The van der Waals surface area contributed by atoms with Crippen molar-refractivity contribution in [3.8, 4) is 11.6 Å². The van der Waals surface area contributed by atoms with Gasteiger partial charge < -0.3 is 15.6 Å². The van der Waals surface area contributed by atoms with Crippen LogP contribution >= 0.6 is 0 Å². The summed E-state index contributed by atoms with van der Waals surface area (Å²) in [6.45, 7) is 0. The van der Waals surface area contributed by atoms with Crippen molar-refractivity contribution in [3.63, 3.8) is 0 Å². The topological polar surface area (TPSA) is 128 Å². The van der Waals surface area contributed by atoms with E-state index in [4.69, 9.17) is 15.6 Å². The molecule has 0 atom stereocenters. The first-order valence-electron chi connectivity index (χ1n) is 5.06. The number of hydrogen-bond donors (Lipinski definition) is 2. The Morgan fingerprint density at radius 1 is 1.21 bits per heavy atom. The summed E-state index contributed by atoms with van der Waals surface area (Å²) in [7, 11) is 0. The number of nitrogens with two attached hydrogens (primary N) is 1. The molecule has 0 saturated carbocycles. The molecule has 0 fully saturated rings. The van der Waals surface area contributed by atoms with Crippen molar-refractivity contribution in [2.45, 2.75) is 0 Å². The molecule has 0 aliphatic carbocycles. The minimum atomic E-state index is -1.12. The van der Waals surface area contributed by atoms with Crippen molar-refractivity contribution in [1.29, 1.82) is 0 Å². The Kier molecular flexibility index (Phi) is 3.33. The number of carboxylic acids is 1. The van der Waals surface area contributed by atoms with Crippen molar-refractivity contribution in [2.75, 3.05) is 0 Å². The predicted molar refractivity (Wildman–Crippen MR) is 61.8 cm³/mol. The monoisotopic (exact) mass is 260 g/mol. The van der Waals surface area contributed by atoms with E-state index in [1.54, 1.807) is 0 Å². The summed E-state index contributed by atoms with van der Waals surface area (Å²) in [5, 5.41) is 16.0. The molecule has 8 nitrogen and oxygen atoms in total. The normalized spacial score (nSPS) is 9.89. The molecule has 19 heavy (non-hydrogen) atoms. The average molecular weight is 260 g/mol. The van der Waals surface area contributed by atoms with E-state index in [2.05, 4.69) is 15.2 Å². The number of rotatable bonds is 4. The molecule has 0 unspecified atom stereocenters. The number of primary amides is 1. The van der Waals surface area contributed by atoms with Gasteiger partial charge in [0, 0.05) is 12.3 Å². The van der Waals surface area contributed by atoms with Crippen LogP contribution in [0.5, 0.6) is 11.6 Å². The van der Waals surface area contributed by atoms with Gasteiger partial charge in [-0.1, -0.05) is 0 Å². The summed E-state index contributed by atoms with van der Waals surface area (Å²) in [5.74, 6) is -1.53. The molecule has 2 rings (SSSR count). The van der Waals surface area contributed by atoms with Gasteiger partial charge in [0.05, 0.1) is 11.8 Å². The number of carboxylic acid groups (broad SMARTS) is 1. The molecule has 0 aliphatic rings. The molecule has 3 N–H and O–H groups in total. The van der Waals surface area contributed by atoms with Gasteiger partial charge in [0.1, 0.15) is 5.75 Å². The van der Waals surface area contributed by atoms with Crippen LogP contribution in [0, 0.1) is 0 Å². The lowest BCUT2D eigenvalue weighted by atomic mass is 10.3. The van der Waals surface area contributed by atoms with E-state index in [0.717, 1.165) is 0 Å². The maximum atomic E-state index is 10.8. The molecular weight excluding hydrogens is 252 g/mol. The van der Waals surface area contributed by atoms with Crippen molar-refractivity contribution in [2.24, 2.45) is 5.73 Å². The maximum absolute atomic E-state index is 10.8. The molecule has 0 aliphatic heterocycles. The summed E-state index contributed by atoms with van der Waals surface area (Å²) in [6, 6.07) is 4.03. The van der Waals surface area contributed by atoms with Crippen LogP contribution in [0.2, 0.25) is 0 Å². The largest absolute Gasteiger partial charge is 0.478 e. The average Bonchev–Trinajstić information content (AvgIpc) is 2.39. The molecule has 0 saturated heterocycles. The van der Waals surface area contributed by atoms with E-state index in [1.165, 1.54) is 30.6 Å². The van der Waals surface area contributed by atoms with Gasteiger partial charge in [0.15, 0.2) is 5.69 Å². The van der Waals surface area contributed by atoms with Crippen LogP contribution in [0.4, 0.5) is 0 Å². The first-order chi connectivity index (χ1) is 9.06. The van der Waals surface area contributed by atoms with Crippen LogP contribution in [0.15, 0.2) is 30.6 Å². The molecule has 2 aromatic heterocycles. The van der Waals surface area contributed by atoms with Gasteiger partial charge in [-0.3, -0.25) is 9.78 Å². The van der Waals surface area contributed by atoms with E-state index >= 15 is 0 Å². The molecule has 0 bridgehead atoms. The SMILES string of the molecule is NC(=O)c1ccc(Oc2cncc(C(=O)O)c2)nn1. The first-order valence-corrected chi connectivity index (χ1v) is 5.06. The van der Waals surface area contributed by atoms with Gasteiger partial charge in [-0.25, -0.2) is 4.79 Å². The zero-order chi connectivity index (χ0) is 13.8. The number of amides is 1. The Bertz CT molecular complexity index is 627. The van der Waals surface area contributed by atoms with Crippen molar-refractivity contribution >= 4 is 11.9 Å². The Balaban J connectivity index is 2.19. The maximum Gasteiger partial charge on any atom is 0.337 e. The van der Waals surface area contributed by atoms with Crippen LogP contribution in [0.1, 0.15) is 20.8 Å². The minimum absolute atomic E-state index is 0.00441. The highest BCUT2D eigenvalue weighted by molar-refractivity contribution is 5.90. The number of aromatic carboxylic acids is 1. The predicted octanol–water partition coefficient (Wildman–Crippen LogP) is 0.461. The summed E-state index contributed by atoms with van der Waals surface area (Å²) in [5.41, 5.74) is 5.00. The Labute approximate surface area is 106 Å². The zero-order valence-electron chi connectivity index (χ0n) is 9.48. The highest BCUT2D eigenvalue weighted by atomic mass is 16.5. The van der Waals surface area contributed by atoms with Gasteiger partial charge in [0.25, 0.3) is 5.91 Å². The fraction of sp³-hybridized carbons (Fsp3) is 0. The lowest BCUT2D eigenvalue weighted by molar-refractivity contribution is 0.0695. The van der Waals surface area contributed by atoms with E-state index < -0.39 is 11.9 Å². The fourth-order valence-electron chi connectivity index (χ4n) is 1.22. The third kappa shape index (κ3) is 3.00. The van der Waals surface area contributed by atoms with Crippen LogP contribution in [0.3, 0.4) is 0 Å². The fourth-order valence-corrected chi connectivity index (χ4v) is 1.22. The summed E-state index contributed by atoms with van der Waals surface area (Å²) in [4.78, 5) is 25.3. The number of carbonyl (C=O) groups is 2. The Morgan fingerprint density at radius 3 is 2.58 bits per heavy atom. The molecule has 0 radical (unpaired) electrons. The van der Waals surface area contributed by atoms with E-state index in [-0.39, 0.29) is 22.9 Å². The van der Waals surface area contributed by atoms with Gasteiger partial charge in [-0.15, -0.1) is 10.2 Å². The summed E-state index contributed by atoms with van der Waals surface area (Å²) in [6.07, 6.45) is 2.52. The summed E-state index contributed by atoms with van der Waals surface area (Å²) < 4.78 is 5.25. The molecule has 2 aromatic rings. The third-order valence-corrected chi connectivity index (χ3v) is 2.08. The lowest BCUT2D eigenvalue weighted by Gasteiger charge is -2.04. The summed E-state index contributed by atoms with van der Waals surface area (Å²) >= 11 is 0. The van der Waals surface area contributed by atoms with Crippen molar-refractivity contribution < 1.29 is 19.4 Å². The number of pyridine rings is 1. The van der Waals surface area contributed by atoms with Gasteiger partial charge in [-0.05, 0) is 12.1 Å². The molecule has 0 aromatic carbocycles. The number of aromatic nitrogens is 3. The number of nitrogens with zero attached hydrogens (tertiary/aromatic N) is 3. The Hall–Kier alpha value is -3.03. The number of ether oxygens (including phenoxy) is 1. The van der Waals surface area contributed by atoms with E-state index in [9.17, 15) is 9.59 Å². The van der Waals surface area contributed by atoms with E-state index in [1.807, 2.05) is 0 Å². The van der Waals surface area contributed by atoms with Crippen molar-refractivity contribution in [1.82, 2.24) is 15.2 Å². The molecule has 8 heteroatoms. The molecule has 2 heterocycles. The molecular formula is C11H8N4O4. The Morgan fingerprint density at radius 2 is 2.00 bits per heavy atom. The highest BCUT2D eigenvalue weighted by Crippen LogP contribution is 2.18. The van der Waals surface area contributed by atoms with Gasteiger partial charge >= 0.3 is 5.97 Å². The third-order valence-electron chi connectivity index (χ3n) is 2.08. The number of carbonyl (C=O) groups excluding carboxylic acids is 1. The second-order valence-electron chi connectivity index (χ2n) is 3.44. The van der Waals surface area contributed by atoms with Gasteiger partial charge in [-0.2, -0.15) is 0 Å². The van der Waals surface area contributed by atoms with Crippen LogP contribution in [-0.2, 0) is 0 Å². The van der Waals surface area contributed by atoms with Gasteiger partial charge in [0.2, 0.25) is 5.88 Å². The standard InChI is InChI=1S/C11H8N4O4/c12-10(16)8-1-2-9(15-14-8)19-7-3-6(11(17)18)4-13-5-7/h1-5H,(H2,12,16)(H,17,18). The van der Waals surface area contributed by atoms with Crippen molar-refractivity contribution in [3.05, 3.63) is 41.9 Å². The van der Waals surface area contributed by atoms with Crippen LogP contribution in [-0.4, -0.2) is 32.2 Å². The quantitative estimate of drug-likeness (QED) is 0.816. The lowest BCUT2D eigenvalue weighted by Crippen LogP contribution is -2.13. The second kappa shape index (κ2) is 5.08. The second-order valence-corrected chi connectivity index (χ2v) is 3.44. The van der Waals surface area contributed by atoms with E-state index in [0.29, 0.717) is 0 Å². The molecule has 96 valence electrons. The smallest absolute Gasteiger partial charge is 0.337 e. The highest BCUT2D eigenvalue weighted by Gasteiger charge is 2.07. The molecule has 0 spiro atoms. The molecule has 1 amide bonds.